The summed E-state index contributed by atoms with van der Waals surface area (Å²) in [4.78, 5) is 39.8. The number of barbiturate groups is 1. The zero-order valence-corrected chi connectivity index (χ0v) is 22.9. The Morgan fingerprint density at radius 3 is 2.23 bits per heavy atom. The number of hydrogen-bond donors (Lipinski definition) is 1. The number of rotatable bonds is 5. The Bertz CT molecular complexity index is 1980. The van der Waals surface area contributed by atoms with Gasteiger partial charge in [-0.25, -0.2) is 9.69 Å². The average molecular weight is 601 g/mol. The van der Waals surface area contributed by atoms with E-state index in [0.29, 0.717) is 27.7 Å². The van der Waals surface area contributed by atoms with Gasteiger partial charge in [0.15, 0.2) is 0 Å². The zero-order chi connectivity index (χ0) is 30.3. The number of ether oxygens (including phenoxy) is 1. The van der Waals surface area contributed by atoms with E-state index >= 15 is 0 Å². The third-order valence-corrected chi connectivity index (χ3v) is 7.42. The number of halogens is 4. The van der Waals surface area contributed by atoms with Crippen molar-refractivity contribution in [2.75, 3.05) is 4.90 Å². The number of amides is 4. The van der Waals surface area contributed by atoms with Crippen molar-refractivity contribution in [2.45, 2.75) is 12.8 Å². The summed E-state index contributed by atoms with van der Waals surface area (Å²) in [5.41, 5.74) is -0.830. The van der Waals surface area contributed by atoms with Gasteiger partial charge in [0.25, 0.3) is 11.8 Å². The quantitative estimate of drug-likeness (QED) is 0.164. The van der Waals surface area contributed by atoms with Crippen LogP contribution in [0.3, 0.4) is 0 Å². The maximum atomic E-state index is 13.6. The molecule has 1 aliphatic rings. The number of nitrogens with one attached hydrogen (secondary N) is 1. The Kier molecular flexibility index (Phi) is 7.11. The van der Waals surface area contributed by atoms with Crippen LogP contribution in [-0.4, -0.2) is 17.8 Å². The number of hydrogen-bond acceptors (Lipinski definition) is 4. The Morgan fingerprint density at radius 1 is 0.814 bits per heavy atom. The van der Waals surface area contributed by atoms with Gasteiger partial charge in [0, 0.05) is 5.56 Å². The molecule has 43 heavy (non-hydrogen) atoms. The number of alkyl halides is 3. The minimum absolute atomic E-state index is 0.167. The van der Waals surface area contributed by atoms with Crippen LogP contribution < -0.4 is 15.0 Å². The average Bonchev–Trinajstić information content (AvgIpc) is 2.98. The van der Waals surface area contributed by atoms with Crippen LogP contribution in [0.1, 0.15) is 16.7 Å². The van der Waals surface area contributed by atoms with Crippen LogP contribution in [0, 0.1) is 0 Å². The Morgan fingerprint density at radius 2 is 1.49 bits per heavy atom. The number of carbonyl (C=O) groups excluding carboxylic acids is 3. The van der Waals surface area contributed by atoms with Crippen molar-refractivity contribution < 1.29 is 32.3 Å². The lowest BCUT2D eigenvalue weighted by Crippen LogP contribution is -2.54. The molecular weight excluding hydrogens is 581 g/mol. The molecule has 1 fully saturated rings. The van der Waals surface area contributed by atoms with Crippen LogP contribution in [0.2, 0.25) is 5.02 Å². The van der Waals surface area contributed by atoms with E-state index in [1.165, 1.54) is 6.08 Å². The second-order valence-electron chi connectivity index (χ2n) is 9.75. The highest BCUT2D eigenvalue weighted by Gasteiger charge is 2.39. The van der Waals surface area contributed by atoms with E-state index in [4.69, 9.17) is 16.3 Å². The summed E-state index contributed by atoms with van der Waals surface area (Å²) >= 11 is 6.13. The summed E-state index contributed by atoms with van der Waals surface area (Å²) in [6.07, 6.45) is -3.48. The van der Waals surface area contributed by atoms with E-state index in [-0.39, 0.29) is 11.6 Å². The van der Waals surface area contributed by atoms with E-state index in [1.54, 1.807) is 18.2 Å². The number of carbonyl (C=O) groups is 3. The van der Waals surface area contributed by atoms with E-state index in [1.807, 2.05) is 66.0 Å². The highest BCUT2D eigenvalue weighted by atomic mass is 35.5. The smallest absolute Gasteiger partial charge is 0.416 e. The monoisotopic (exact) mass is 600 g/mol. The van der Waals surface area contributed by atoms with Crippen molar-refractivity contribution in [1.29, 1.82) is 0 Å². The number of anilines is 1. The molecule has 5 aromatic carbocycles. The Labute approximate surface area is 247 Å². The zero-order valence-electron chi connectivity index (χ0n) is 22.1. The molecule has 0 aromatic heterocycles. The summed E-state index contributed by atoms with van der Waals surface area (Å²) in [5.74, 6) is -1.80. The maximum absolute atomic E-state index is 13.6. The first-order chi connectivity index (χ1) is 20.6. The molecule has 0 unspecified atom stereocenters. The fraction of sp³-hybridized carbons (Fsp3) is 0.0606. The molecule has 0 spiro atoms. The van der Waals surface area contributed by atoms with Crippen molar-refractivity contribution in [3.8, 4) is 5.75 Å². The number of fused-ring (bicyclic) bond motifs is 2. The first-order valence-corrected chi connectivity index (χ1v) is 13.4. The van der Waals surface area contributed by atoms with Crippen LogP contribution in [0.4, 0.5) is 23.7 Å². The molecule has 0 atom stereocenters. The topological polar surface area (TPSA) is 75.7 Å². The van der Waals surface area contributed by atoms with Crippen molar-refractivity contribution in [3.63, 3.8) is 0 Å². The molecule has 0 radical (unpaired) electrons. The highest BCUT2D eigenvalue weighted by Crippen LogP contribution is 2.37. The third kappa shape index (κ3) is 5.30. The van der Waals surface area contributed by atoms with Gasteiger partial charge in [-0.05, 0) is 57.4 Å². The molecule has 0 bridgehead atoms. The Hall–Kier alpha value is -5.15. The van der Waals surface area contributed by atoms with E-state index < -0.39 is 40.8 Å². The molecular formula is C33H20ClF3N2O4. The number of benzene rings is 5. The van der Waals surface area contributed by atoms with Crippen molar-refractivity contribution in [1.82, 2.24) is 5.32 Å². The summed E-state index contributed by atoms with van der Waals surface area (Å²) in [5, 5.41) is 5.22. The summed E-state index contributed by atoms with van der Waals surface area (Å²) in [6, 6.07) is 25.5. The van der Waals surface area contributed by atoms with Crippen LogP contribution in [-0.2, 0) is 22.4 Å². The lowest BCUT2D eigenvalue weighted by molar-refractivity contribution is -0.137. The number of urea groups is 1. The van der Waals surface area contributed by atoms with Crippen LogP contribution in [0.25, 0.3) is 27.6 Å². The van der Waals surface area contributed by atoms with Gasteiger partial charge < -0.3 is 4.74 Å². The second kappa shape index (κ2) is 10.9. The van der Waals surface area contributed by atoms with Crippen LogP contribution in [0.5, 0.6) is 5.75 Å². The van der Waals surface area contributed by atoms with Crippen LogP contribution >= 0.6 is 11.6 Å². The molecule has 1 aliphatic heterocycles. The largest absolute Gasteiger partial charge is 0.488 e. The standard InChI is InChI=1S/C33H20ClF3N2O4/c34-27-14-13-22(33(35,36)37)16-28(27)39-31(41)26(30(40)38-32(39)42)17-25-24-11-4-2-7-20(24)12-15-29(25)43-18-21-9-5-8-19-6-1-3-10-23(19)21/h1-17H,18H2,(H,38,40,42)/b26-17-. The Balaban J connectivity index is 1.44. The molecule has 10 heteroatoms. The van der Waals surface area contributed by atoms with Gasteiger partial charge in [-0.15, -0.1) is 0 Å². The van der Waals surface area contributed by atoms with Crippen molar-refractivity contribution in [3.05, 3.63) is 124 Å². The molecule has 1 N–H and O–H groups in total. The molecule has 1 saturated heterocycles. The predicted molar refractivity (Wildman–Crippen MR) is 158 cm³/mol. The van der Waals surface area contributed by atoms with Crippen molar-refractivity contribution in [2.24, 2.45) is 0 Å². The molecule has 0 saturated carbocycles. The van der Waals surface area contributed by atoms with Gasteiger partial charge in [0.2, 0.25) is 0 Å². The van der Waals surface area contributed by atoms with Gasteiger partial charge in [-0.1, -0.05) is 84.4 Å². The number of nitrogens with zero attached hydrogens (tertiary/aromatic N) is 1. The molecule has 6 rings (SSSR count). The molecule has 4 amide bonds. The van der Waals surface area contributed by atoms with Gasteiger partial charge in [-0.2, -0.15) is 13.2 Å². The molecule has 5 aromatic rings. The minimum atomic E-state index is -4.76. The third-order valence-electron chi connectivity index (χ3n) is 7.10. The van der Waals surface area contributed by atoms with E-state index in [0.717, 1.165) is 33.9 Å². The summed E-state index contributed by atoms with van der Waals surface area (Å²) < 4.78 is 46.5. The first kappa shape index (κ1) is 28.0. The molecule has 6 nitrogen and oxygen atoms in total. The molecule has 214 valence electrons. The summed E-state index contributed by atoms with van der Waals surface area (Å²) in [6.45, 7) is 0.167. The van der Waals surface area contributed by atoms with E-state index in [9.17, 15) is 27.6 Å². The van der Waals surface area contributed by atoms with Crippen LogP contribution in [0.15, 0.2) is 103 Å². The first-order valence-electron chi connectivity index (χ1n) is 13.0. The number of imide groups is 2. The maximum Gasteiger partial charge on any atom is 0.416 e. The van der Waals surface area contributed by atoms with Crippen molar-refractivity contribution >= 4 is 62.8 Å². The van der Waals surface area contributed by atoms with Gasteiger partial charge in [0.1, 0.15) is 17.9 Å². The lowest BCUT2D eigenvalue weighted by Gasteiger charge is -2.27. The van der Waals surface area contributed by atoms with Gasteiger partial charge in [0.05, 0.1) is 16.3 Å². The summed E-state index contributed by atoms with van der Waals surface area (Å²) in [7, 11) is 0. The molecule has 1 heterocycles. The SMILES string of the molecule is O=C1NC(=O)N(c2cc(C(F)(F)F)ccc2Cl)C(=O)/C1=C\c1c(OCc2cccc3ccccc23)ccc2ccccc12. The molecule has 0 aliphatic carbocycles. The van der Waals surface area contributed by atoms with Gasteiger partial charge >= 0.3 is 12.2 Å². The fourth-order valence-electron chi connectivity index (χ4n) is 5.01. The minimum Gasteiger partial charge on any atom is -0.488 e. The van der Waals surface area contributed by atoms with Gasteiger partial charge in [-0.3, -0.25) is 14.9 Å². The highest BCUT2D eigenvalue weighted by molar-refractivity contribution is 6.42. The second-order valence-corrected chi connectivity index (χ2v) is 10.2. The normalized spacial score (nSPS) is 14.9. The predicted octanol–water partition coefficient (Wildman–Crippen LogP) is 7.91. The van der Waals surface area contributed by atoms with E-state index in [2.05, 4.69) is 0 Å². The lowest BCUT2D eigenvalue weighted by atomic mass is 9.99. The fourth-order valence-corrected chi connectivity index (χ4v) is 5.21.